The lowest BCUT2D eigenvalue weighted by molar-refractivity contribution is -0.122. The van der Waals surface area contributed by atoms with Crippen LogP contribution in [0.3, 0.4) is 0 Å². The minimum atomic E-state index is -4.11. The molecular formula is C41H58N2O7S2. The van der Waals surface area contributed by atoms with Crippen molar-refractivity contribution in [1.29, 1.82) is 0 Å². The predicted octanol–water partition coefficient (Wildman–Crippen LogP) is 8.28. The second-order valence-electron chi connectivity index (χ2n) is 15.7. The van der Waals surface area contributed by atoms with Crippen LogP contribution in [0.4, 0.5) is 11.4 Å². The summed E-state index contributed by atoms with van der Waals surface area (Å²) in [6.45, 7) is 15.6. The van der Waals surface area contributed by atoms with Crippen molar-refractivity contribution in [3.8, 4) is 0 Å². The number of anilines is 2. The first-order valence-electron chi connectivity index (χ1n) is 18.5. The molecule has 0 saturated carbocycles. The number of fused-ring (bicyclic) bond motifs is 2. The van der Waals surface area contributed by atoms with Gasteiger partial charge < -0.3 is 9.80 Å². The van der Waals surface area contributed by atoms with Gasteiger partial charge in [0.1, 0.15) is 5.78 Å². The molecule has 0 aromatic heterocycles. The van der Waals surface area contributed by atoms with Crippen LogP contribution in [-0.2, 0) is 35.9 Å². The van der Waals surface area contributed by atoms with Crippen LogP contribution in [0.1, 0.15) is 102 Å². The molecule has 2 atom stereocenters. The van der Waals surface area contributed by atoms with Gasteiger partial charge in [0.05, 0.1) is 17.5 Å². The molecule has 0 aliphatic carbocycles. The van der Waals surface area contributed by atoms with E-state index in [4.69, 9.17) is 0 Å². The Morgan fingerprint density at radius 1 is 0.788 bits per heavy atom. The van der Waals surface area contributed by atoms with Crippen molar-refractivity contribution in [1.82, 2.24) is 0 Å². The van der Waals surface area contributed by atoms with E-state index in [9.17, 15) is 30.7 Å². The van der Waals surface area contributed by atoms with E-state index < -0.39 is 20.2 Å². The molecule has 0 saturated heterocycles. The molecule has 2 aliphatic rings. The van der Waals surface area contributed by atoms with Crippen molar-refractivity contribution in [2.75, 3.05) is 34.4 Å². The summed E-state index contributed by atoms with van der Waals surface area (Å²) in [4.78, 5) is 16.6. The van der Waals surface area contributed by atoms with Gasteiger partial charge in [-0.3, -0.25) is 13.9 Å². The van der Waals surface area contributed by atoms with Crippen LogP contribution in [0.25, 0.3) is 0 Å². The third-order valence-electron chi connectivity index (χ3n) is 10.7. The van der Waals surface area contributed by atoms with E-state index in [0.29, 0.717) is 25.9 Å². The highest BCUT2D eigenvalue weighted by molar-refractivity contribution is 7.86. The number of Topliss-reactive ketones (excluding diaryl/α,β-unsaturated/α-hetero) is 1. The van der Waals surface area contributed by atoms with Gasteiger partial charge in [0, 0.05) is 53.3 Å². The third kappa shape index (κ3) is 10.2. The molecule has 52 heavy (non-hydrogen) atoms. The van der Waals surface area contributed by atoms with E-state index >= 15 is 0 Å². The lowest BCUT2D eigenvalue weighted by Crippen LogP contribution is -2.40. The zero-order valence-corrected chi connectivity index (χ0v) is 33.6. The maximum Gasteiger partial charge on any atom is 0.264 e. The van der Waals surface area contributed by atoms with E-state index in [1.807, 2.05) is 32.1 Å². The first-order valence-corrected chi connectivity index (χ1v) is 21.7. The lowest BCUT2D eigenvalue weighted by atomic mass is 9.76. The van der Waals surface area contributed by atoms with Crippen LogP contribution in [0, 0.1) is 19.8 Å². The molecule has 11 heteroatoms. The summed E-state index contributed by atoms with van der Waals surface area (Å²) in [5.74, 6) is -0.289. The van der Waals surface area contributed by atoms with Gasteiger partial charge in [-0.05, 0) is 75.8 Å². The molecule has 9 nitrogen and oxygen atoms in total. The minimum absolute atomic E-state index is 0.0429. The fraction of sp³-hybridized carbons (Fsp3) is 0.537. The number of hydrogen-bond acceptors (Lipinski definition) is 7. The van der Waals surface area contributed by atoms with Gasteiger partial charge in [0.15, 0.2) is 0 Å². The van der Waals surface area contributed by atoms with E-state index in [1.165, 1.54) is 11.1 Å². The molecule has 286 valence electrons. The normalized spacial score (nSPS) is 20.9. The van der Waals surface area contributed by atoms with Crippen molar-refractivity contribution >= 4 is 37.4 Å². The maximum absolute atomic E-state index is 12.2. The van der Waals surface area contributed by atoms with Gasteiger partial charge in [-0.25, -0.2) is 0 Å². The number of unbranched alkanes of at least 4 members (excludes halogenated alkanes) is 2. The molecule has 0 bridgehead atoms. The smallest absolute Gasteiger partial charge is 0.264 e. The summed E-state index contributed by atoms with van der Waals surface area (Å²) in [7, 11) is -8.17. The Kier molecular flexibility index (Phi) is 13.4. The van der Waals surface area contributed by atoms with Crippen molar-refractivity contribution in [2.45, 2.75) is 110 Å². The van der Waals surface area contributed by atoms with Crippen LogP contribution >= 0.6 is 0 Å². The molecule has 2 aromatic carbocycles. The number of carbonyl (C=O) groups is 1. The topological polar surface area (TPSA) is 132 Å². The summed E-state index contributed by atoms with van der Waals surface area (Å²) < 4.78 is 65.2. The van der Waals surface area contributed by atoms with Crippen LogP contribution in [-0.4, -0.2) is 62.4 Å². The van der Waals surface area contributed by atoms with Crippen LogP contribution < -0.4 is 9.80 Å². The van der Waals surface area contributed by atoms with Crippen molar-refractivity contribution in [3.05, 3.63) is 94.7 Å². The molecule has 2 unspecified atom stereocenters. The fourth-order valence-electron chi connectivity index (χ4n) is 7.84. The average Bonchev–Trinajstić information content (AvgIpc) is 3.38. The summed E-state index contributed by atoms with van der Waals surface area (Å²) in [6, 6.07) is 12.7. The second-order valence-corrected chi connectivity index (χ2v) is 18.8. The molecule has 2 aliphatic heterocycles. The minimum Gasteiger partial charge on any atom is -0.364 e. The molecule has 4 rings (SSSR count). The van der Waals surface area contributed by atoms with Crippen molar-refractivity contribution < 1.29 is 30.7 Å². The van der Waals surface area contributed by atoms with E-state index in [2.05, 4.69) is 93.0 Å². The Morgan fingerprint density at radius 3 is 2.00 bits per heavy atom. The van der Waals surface area contributed by atoms with Gasteiger partial charge in [-0.2, -0.15) is 16.8 Å². The molecule has 0 radical (unpaired) electrons. The van der Waals surface area contributed by atoms with Gasteiger partial charge in [-0.1, -0.05) is 100 Å². The van der Waals surface area contributed by atoms with E-state index in [-0.39, 0.29) is 46.5 Å². The highest BCUT2D eigenvalue weighted by Gasteiger charge is 2.44. The third-order valence-corrected chi connectivity index (χ3v) is 12.3. The number of benzene rings is 2. The quantitative estimate of drug-likeness (QED) is 0.0877. The molecular weight excluding hydrogens is 697 g/mol. The van der Waals surface area contributed by atoms with Gasteiger partial charge >= 0.3 is 0 Å². The predicted molar refractivity (Wildman–Crippen MR) is 213 cm³/mol. The summed E-state index contributed by atoms with van der Waals surface area (Å²) in [5.41, 5.74) is 7.23. The number of nitrogens with zero attached hydrogens (tertiary/aromatic N) is 2. The van der Waals surface area contributed by atoms with Crippen LogP contribution in [0.2, 0.25) is 0 Å². The molecule has 2 heterocycles. The van der Waals surface area contributed by atoms with Gasteiger partial charge in [-0.15, -0.1) is 0 Å². The lowest BCUT2D eigenvalue weighted by Gasteiger charge is -2.32. The number of ketones is 1. The second kappa shape index (κ2) is 16.8. The standard InChI is InChI=1S/C41H58N2O7S2/c1-30(2)37(44)16-10-9-13-23-41(7)34-29-32(4)20-22-36(34)43(25-15-27-52(48,49)50)39(41)18-12-8-11-17-38-40(5,6)33-28-31(3)19-21-35(33)42(38)24-14-26-51(45,46)47/h8,11-12,17-22,28-30,38H,9-10,13-16,23-27H2,1-7H3,(H,45,46,47)(H,48,49,50)/b12-8+,17-11+,39-18-. The van der Waals surface area contributed by atoms with Crippen molar-refractivity contribution in [2.24, 2.45) is 5.92 Å². The summed E-state index contributed by atoms with van der Waals surface area (Å²) in [5, 5.41) is 0. The maximum atomic E-state index is 12.2. The zero-order chi connectivity index (χ0) is 38.5. The molecule has 0 fully saturated rings. The highest BCUT2D eigenvalue weighted by Crippen LogP contribution is 2.51. The number of allylic oxidation sites excluding steroid dienone is 5. The van der Waals surface area contributed by atoms with Crippen LogP contribution in [0.5, 0.6) is 0 Å². The number of rotatable bonds is 18. The van der Waals surface area contributed by atoms with E-state index in [0.717, 1.165) is 53.9 Å². The zero-order valence-electron chi connectivity index (χ0n) is 31.9. The molecule has 0 spiro atoms. The number of aryl methyl sites for hydroxylation is 2. The molecule has 2 N–H and O–H groups in total. The molecule has 2 aromatic rings. The van der Waals surface area contributed by atoms with Gasteiger partial charge in [0.2, 0.25) is 0 Å². The highest BCUT2D eigenvalue weighted by atomic mass is 32.2. The van der Waals surface area contributed by atoms with Crippen molar-refractivity contribution in [3.63, 3.8) is 0 Å². The molecule has 0 amide bonds. The number of carbonyl (C=O) groups excluding carboxylic acids is 1. The van der Waals surface area contributed by atoms with Crippen LogP contribution in [0.15, 0.2) is 72.5 Å². The largest absolute Gasteiger partial charge is 0.364 e. The van der Waals surface area contributed by atoms with E-state index in [1.54, 1.807) is 0 Å². The van der Waals surface area contributed by atoms with Gasteiger partial charge in [0.25, 0.3) is 20.2 Å². The Labute approximate surface area is 312 Å². The monoisotopic (exact) mass is 754 g/mol. The Balaban J connectivity index is 1.63. The first-order chi connectivity index (χ1) is 24.2. The first kappa shape index (κ1) is 41.5. The Hall–Kier alpha value is -3.25. The fourth-order valence-corrected chi connectivity index (χ4v) is 8.82. The Bertz CT molecular complexity index is 1910. The summed E-state index contributed by atoms with van der Waals surface area (Å²) in [6.07, 6.45) is 15.0. The number of hydrogen-bond donors (Lipinski definition) is 2. The SMILES string of the molecule is Cc1ccc2c(c1)C(C)(CCCCCC(=O)C(C)C)/C(=C/C=C/C=C/C1N(CCCS(=O)(=O)O)c3ccc(C)cc3C1(C)C)N2CCCS(=O)(=O)O. The summed E-state index contributed by atoms with van der Waals surface area (Å²) >= 11 is 0. The Morgan fingerprint density at radius 2 is 1.38 bits per heavy atom. The average molecular weight is 755 g/mol.